The van der Waals surface area contributed by atoms with Crippen molar-refractivity contribution in [2.24, 2.45) is 0 Å². The van der Waals surface area contributed by atoms with E-state index < -0.39 is 10.0 Å². The molecule has 2 aromatic rings. The van der Waals surface area contributed by atoms with Crippen LogP contribution >= 0.6 is 0 Å². The fourth-order valence-electron chi connectivity index (χ4n) is 3.24. The summed E-state index contributed by atoms with van der Waals surface area (Å²) < 4.78 is 26.9. The van der Waals surface area contributed by atoms with Gasteiger partial charge in [-0.2, -0.15) is 4.31 Å². The van der Waals surface area contributed by atoms with Crippen LogP contribution in [0.15, 0.2) is 53.4 Å². The topological polar surface area (TPSA) is 40.6 Å². The molecule has 0 spiro atoms. The highest BCUT2D eigenvalue weighted by Crippen LogP contribution is 2.44. The molecule has 1 fully saturated rings. The number of benzene rings is 2. The number of hydrogen-bond acceptors (Lipinski definition) is 3. The zero-order valence-corrected chi connectivity index (χ0v) is 12.5. The Morgan fingerprint density at radius 2 is 1.86 bits per heavy atom. The first-order chi connectivity index (χ1) is 10.1. The highest BCUT2D eigenvalue weighted by molar-refractivity contribution is 7.89. The number of hydrogen-bond donors (Lipinski definition) is 0. The van der Waals surface area contributed by atoms with E-state index in [-0.39, 0.29) is 6.04 Å². The van der Waals surface area contributed by atoms with Gasteiger partial charge in [0.05, 0.1) is 17.6 Å². The predicted octanol–water partition coefficient (Wildman–Crippen LogP) is 2.52. The smallest absolute Gasteiger partial charge is 0.245 e. The molecule has 5 heteroatoms. The van der Waals surface area contributed by atoms with Gasteiger partial charge >= 0.3 is 0 Å². The van der Waals surface area contributed by atoms with Crippen LogP contribution < -0.4 is 4.90 Å². The van der Waals surface area contributed by atoms with Gasteiger partial charge in [-0.3, -0.25) is 0 Å². The summed E-state index contributed by atoms with van der Waals surface area (Å²) in [6.45, 7) is 3.13. The van der Waals surface area contributed by atoms with Crippen LogP contribution in [0.1, 0.15) is 17.2 Å². The van der Waals surface area contributed by atoms with Crippen LogP contribution in [-0.2, 0) is 10.0 Å². The van der Waals surface area contributed by atoms with E-state index in [0.717, 1.165) is 16.8 Å². The molecule has 0 bridgehead atoms. The Morgan fingerprint density at radius 3 is 2.62 bits per heavy atom. The molecule has 4 rings (SSSR count). The van der Waals surface area contributed by atoms with Crippen LogP contribution in [0, 0.1) is 6.92 Å². The summed E-state index contributed by atoms with van der Waals surface area (Å²) in [5.41, 5.74) is 3.11. The Bertz CT molecular complexity index is 802. The van der Waals surface area contributed by atoms with Gasteiger partial charge in [-0.05, 0) is 30.7 Å². The highest BCUT2D eigenvalue weighted by atomic mass is 32.2. The van der Waals surface area contributed by atoms with Crippen molar-refractivity contribution >= 4 is 15.7 Å². The number of anilines is 1. The van der Waals surface area contributed by atoms with Crippen molar-refractivity contribution in [2.75, 3.05) is 18.1 Å². The second-order valence-corrected chi connectivity index (χ2v) is 7.51. The fraction of sp³-hybridized carbons (Fsp3) is 0.250. The van der Waals surface area contributed by atoms with Crippen LogP contribution in [0.25, 0.3) is 0 Å². The lowest BCUT2D eigenvalue weighted by Crippen LogP contribution is -2.28. The Morgan fingerprint density at radius 1 is 1.10 bits per heavy atom. The van der Waals surface area contributed by atoms with E-state index in [2.05, 4.69) is 4.90 Å². The third-order valence-corrected chi connectivity index (χ3v) is 6.20. The molecule has 0 saturated carbocycles. The fourth-order valence-corrected chi connectivity index (χ4v) is 5.03. The highest BCUT2D eigenvalue weighted by Gasteiger charge is 2.47. The average Bonchev–Trinajstić information content (AvgIpc) is 3.00. The maximum absolute atomic E-state index is 12.7. The molecule has 21 heavy (non-hydrogen) atoms. The van der Waals surface area contributed by atoms with Gasteiger partial charge < -0.3 is 4.90 Å². The third kappa shape index (κ3) is 1.81. The zero-order valence-electron chi connectivity index (χ0n) is 11.7. The van der Waals surface area contributed by atoms with E-state index >= 15 is 0 Å². The molecule has 2 aliphatic heterocycles. The summed E-state index contributed by atoms with van der Waals surface area (Å²) >= 11 is 0. The second-order valence-electron chi connectivity index (χ2n) is 5.65. The number of fused-ring (bicyclic) bond motifs is 3. The first-order valence-electron chi connectivity index (χ1n) is 7.00. The van der Waals surface area contributed by atoms with Gasteiger partial charge in [0.1, 0.15) is 0 Å². The Balaban J connectivity index is 1.77. The lowest BCUT2D eigenvalue weighted by molar-refractivity contribution is 0.426. The molecule has 1 atom stereocenters. The molecule has 108 valence electrons. The standard InChI is InChI=1S/C16H16N2O2S/c1-12-7-8-16-14(9-12)15-10-17(11-18(15)21(16,19)20)13-5-3-2-4-6-13/h2-9,15H,10-11H2,1H3. The van der Waals surface area contributed by atoms with Crippen molar-refractivity contribution < 1.29 is 8.42 Å². The maximum atomic E-state index is 12.7. The van der Waals surface area contributed by atoms with E-state index in [0.29, 0.717) is 18.1 Å². The molecule has 4 nitrogen and oxygen atoms in total. The summed E-state index contributed by atoms with van der Waals surface area (Å²) in [7, 11) is -3.35. The van der Waals surface area contributed by atoms with Gasteiger partial charge in [0.25, 0.3) is 0 Å². The van der Waals surface area contributed by atoms with Gasteiger partial charge in [0.15, 0.2) is 0 Å². The van der Waals surface area contributed by atoms with Crippen LogP contribution in [0.4, 0.5) is 5.69 Å². The van der Waals surface area contributed by atoms with Crippen LogP contribution in [0.3, 0.4) is 0 Å². The molecule has 0 N–H and O–H groups in total. The van der Waals surface area contributed by atoms with Crippen molar-refractivity contribution in [1.29, 1.82) is 0 Å². The van der Waals surface area contributed by atoms with Crippen LogP contribution in [0.5, 0.6) is 0 Å². The zero-order chi connectivity index (χ0) is 14.6. The van der Waals surface area contributed by atoms with Gasteiger partial charge in [0, 0.05) is 12.2 Å². The normalized spacial score (nSPS) is 23.1. The molecule has 0 amide bonds. The van der Waals surface area contributed by atoms with Gasteiger partial charge in [-0.25, -0.2) is 8.42 Å². The van der Waals surface area contributed by atoms with Gasteiger partial charge in [0.2, 0.25) is 10.0 Å². The SMILES string of the molecule is Cc1ccc2c(c1)C1CN(c3ccccc3)CN1S2(=O)=O. The molecule has 1 saturated heterocycles. The van der Waals surface area contributed by atoms with E-state index in [1.54, 1.807) is 10.4 Å². The van der Waals surface area contributed by atoms with Crippen molar-refractivity contribution in [2.45, 2.75) is 17.9 Å². The number of rotatable bonds is 1. The minimum absolute atomic E-state index is 0.0647. The summed E-state index contributed by atoms with van der Waals surface area (Å²) in [4.78, 5) is 2.60. The number of para-hydroxylation sites is 1. The molecular formula is C16H16N2O2S. The minimum Gasteiger partial charge on any atom is -0.356 e. The largest absolute Gasteiger partial charge is 0.356 e. The van der Waals surface area contributed by atoms with Gasteiger partial charge in [-0.1, -0.05) is 35.9 Å². The lowest BCUT2D eigenvalue weighted by atomic mass is 10.1. The number of nitrogens with zero attached hydrogens (tertiary/aromatic N) is 2. The summed E-state index contributed by atoms with van der Waals surface area (Å²) in [5, 5.41) is 0. The van der Waals surface area contributed by atoms with E-state index in [9.17, 15) is 8.42 Å². The van der Waals surface area contributed by atoms with Crippen LogP contribution in [-0.4, -0.2) is 25.9 Å². The summed E-state index contributed by atoms with van der Waals surface area (Å²) in [6, 6.07) is 15.5. The van der Waals surface area contributed by atoms with E-state index in [1.165, 1.54) is 0 Å². The quantitative estimate of drug-likeness (QED) is 0.812. The molecule has 2 aromatic carbocycles. The molecule has 0 aromatic heterocycles. The molecule has 1 unspecified atom stereocenters. The first kappa shape index (κ1) is 12.9. The third-order valence-electron chi connectivity index (χ3n) is 4.28. The molecule has 2 heterocycles. The molecule has 0 radical (unpaired) electrons. The monoisotopic (exact) mass is 300 g/mol. The molecule has 2 aliphatic rings. The van der Waals surface area contributed by atoms with Gasteiger partial charge in [-0.15, -0.1) is 0 Å². The van der Waals surface area contributed by atoms with Crippen molar-refractivity contribution in [1.82, 2.24) is 4.31 Å². The maximum Gasteiger partial charge on any atom is 0.245 e. The second kappa shape index (κ2) is 4.32. The van der Waals surface area contributed by atoms with E-state index in [1.807, 2.05) is 49.4 Å². The molecule has 0 aliphatic carbocycles. The van der Waals surface area contributed by atoms with Crippen molar-refractivity contribution in [3.05, 3.63) is 59.7 Å². The Kier molecular flexibility index (Phi) is 2.65. The summed E-state index contributed by atoms with van der Waals surface area (Å²) in [5.74, 6) is 0. The minimum atomic E-state index is -3.35. The van der Waals surface area contributed by atoms with Crippen molar-refractivity contribution in [3.8, 4) is 0 Å². The average molecular weight is 300 g/mol. The number of sulfonamides is 1. The lowest BCUT2D eigenvalue weighted by Gasteiger charge is -2.19. The van der Waals surface area contributed by atoms with Crippen molar-refractivity contribution in [3.63, 3.8) is 0 Å². The number of aryl methyl sites for hydroxylation is 1. The Hall–Kier alpha value is -1.85. The predicted molar refractivity (Wildman–Crippen MR) is 81.6 cm³/mol. The first-order valence-corrected chi connectivity index (χ1v) is 8.44. The van der Waals surface area contributed by atoms with E-state index in [4.69, 9.17) is 0 Å². The van der Waals surface area contributed by atoms with Crippen LogP contribution in [0.2, 0.25) is 0 Å². The molecular weight excluding hydrogens is 284 g/mol. The Labute approximate surface area is 124 Å². The summed E-state index contributed by atoms with van der Waals surface area (Å²) in [6.07, 6.45) is 0.